The summed E-state index contributed by atoms with van der Waals surface area (Å²) >= 11 is 0. The summed E-state index contributed by atoms with van der Waals surface area (Å²) in [4.78, 5) is -0.791. The van der Waals surface area contributed by atoms with Gasteiger partial charge in [0, 0.05) is 0 Å². The Morgan fingerprint density at radius 2 is 1.88 bits per heavy atom. The van der Waals surface area contributed by atoms with Gasteiger partial charge >= 0.3 is 0 Å². The minimum absolute atomic E-state index is 0.163. The van der Waals surface area contributed by atoms with Crippen molar-refractivity contribution >= 4 is 10.0 Å². The number of tetrazole rings is 1. The van der Waals surface area contributed by atoms with Gasteiger partial charge in [-0.1, -0.05) is 0 Å². The van der Waals surface area contributed by atoms with Crippen molar-refractivity contribution < 1.29 is 21.9 Å². The van der Waals surface area contributed by atoms with Crippen molar-refractivity contribution in [3.63, 3.8) is 0 Å². The van der Waals surface area contributed by atoms with Crippen LogP contribution in [0.3, 0.4) is 0 Å². The molecule has 0 saturated heterocycles. The zero-order valence-electron chi connectivity index (χ0n) is 13.4. The Labute approximate surface area is 147 Å². The molecule has 0 unspecified atom stereocenters. The second kappa shape index (κ2) is 7.14. The largest absolute Gasteiger partial charge is 0.497 e. The van der Waals surface area contributed by atoms with Gasteiger partial charge in [0.25, 0.3) is 0 Å². The van der Waals surface area contributed by atoms with Crippen LogP contribution in [0.25, 0.3) is 5.69 Å². The number of nitrogens with zero attached hydrogens (tertiary/aromatic N) is 4. The quantitative estimate of drug-likeness (QED) is 0.694. The summed E-state index contributed by atoms with van der Waals surface area (Å²) in [7, 11) is -2.77. The number of rotatable bonds is 6. The first-order valence-electron chi connectivity index (χ1n) is 7.27. The van der Waals surface area contributed by atoms with E-state index in [1.807, 2.05) is 0 Å². The van der Waals surface area contributed by atoms with Crippen molar-refractivity contribution in [1.82, 2.24) is 24.9 Å². The molecule has 0 spiro atoms. The molecular weight excluding hydrogens is 368 g/mol. The lowest BCUT2D eigenvalue weighted by atomic mass is 10.3. The van der Waals surface area contributed by atoms with Gasteiger partial charge in [-0.25, -0.2) is 21.9 Å². The average molecular weight is 381 g/mol. The van der Waals surface area contributed by atoms with Gasteiger partial charge in [-0.2, -0.15) is 4.68 Å². The Kier molecular flexibility index (Phi) is 4.91. The highest BCUT2D eigenvalue weighted by atomic mass is 32.2. The molecule has 0 saturated carbocycles. The highest BCUT2D eigenvalue weighted by Gasteiger charge is 2.21. The van der Waals surface area contributed by atoms with Crippen LogP contribution in [0, 0.1) is 11.6 Å². The number of sulfonamides is 1. The molecule has 0 amide bonds. The first-order valence-corrected chi connectivity index (χ1v) is 8.75. The molecule has 3 rings (SSSR count). The lowest BCUT2D eigenvalue weighted by Gasteiger charge is -2.08. The van der Waals surface area contributed by atoms with Crippen LogP contribution in [-0.2, 0) is 16.6 Å². The van der Waals surface area contributed by atoms with Crippen molar-refractivity contribution in [2.24, 2.45) is 0 Å². The molecule has 1 aromatic heterocycles. The van der Waals surface area contributed by atoms with Gasteiger partial charge in [0.1, 0.15) is 22.3 Å². The van der Waals surface area contributed by atoms with E-state index in [1.165, 1.54) is 11.8 Å². The van der Waals surface area contributed by atoms with E-state index in [-0.39, 0.29) is 12.4 Å². The van der Waals surface area contributed by atoms with Crippen molar-refractivity contribution in [3.05, 3.63) is 59.9 Å². The monoisotopic (exact) mass is 381 g/mol. The number of hydrogen-bond acceptors (Lipinski definition) is 6. The number of aromatic nitrogens is 4. The van der Waals surface area contributed by atoms with Crippen molar-refractivity contribution in [3.8, 4) is 11.4 Å². The molecule has 11 heteroatoms. The van der Waals surface area contributed by atoms with Crippen LogP contribution in [0.1, 0.15) is 5.82 Å². The number of halogens is 2. The number of nitrogens with one attached hydrogen (secondary N) is 1. The molecule has 0 radical (unpaired) electrons. The molecule has 0 fully saturated rings. The maximum Gasteiger partial charge on any atom is 0.244 e. The summed E-state index contributed by atoms with van der Waals surface area (Å²) in [6.45, 7) is -0.322. The van der Waals surface area contributed by atoms with Crippen LogP contribution in [0.4, 0.5) is 8.78 Å². The molecule has 1 N–H and O–H groups in total. The normalized spacial score (nSPS) is 11.5. The molecular formula is C15H13F2N5O3S. The average Bonchev–Trinajstić information content (AvgIpc) is 3.11. The molecule has 2 aromatic carbocycles. The molecule has 0 atom stereocenters. The van der Waals surface area contributed by atoms with E-state index in [0.29, 0.717) is 17.5 Å². The molecule has 0 bridgehead atoms. The van der Waals surface area contributed by atoms with Gasteiger partial charge in [0.15, 0.2) is 5.82 Å². The first-order chi connectivity index (χ1) is 12.4. The van der Waals surface area contributed by atoms with Crippen molar-refractivity contribution in [2.75, 3.05) is 7.11 Å². The van der Waals surface area contributed by atoms with Crippen LogP contribution in [-0.4, -0.2) is 35.7 Å². The number of methoxy groups -OCH3 is 1. The highest BCUT2D eigenvalue weighted by Crippen LogP contribution is 2.17. The van der Waals surface area contributed by atoms with E-state index in [9.17, 15) is 17.2 Å². The maximum absolute atomic E-state index is 13.7. The summed E-state index contributed by atoms with van der Waals surface area (Å²) in [6, 6.07) is 8.91. The van der Waals surface area contributed by atoms with E-state index < -0.39 is 26.6 Å². The number of ether oxygens (including phenoxy) is 1. The van der Waals surface area contributed by atoms with Gasteiger partial charge < -0.3 is 4.74 Å². The third-order valence-corrected chi connectivity index (χ3v) is 4.87. The van der Waals surface area contributed by atoms with Crippen LogP contribution >= 0.6 is 0 Å². The van der Waals surface area contributed by atoms with Gasteiger partial charge in [0.05, 0.1) is 19.3 Å². The topological polar surface area (TPSA) is 99.0 Å². The smallest absolute Gasteiger partial charge is 0.244 e. The maximum atomic E-state index is 13.7. The SMILES string of the molecule is COc1ccc(-n2nnnc2CNS(=O)(=O)c2cc(F)ccc2F)cc1. The van der Waals surface area contributed by atoms with Crippen LogP contribution in [0.2, 0.25) is 0 Å². The Hall–Kier alpha value is -2.92. The van der Waals surface area contributed by atoms with Crippen molar-refractivity contribution in [1.29, 1.82) is 0 Å². The Morgan fingerprint density at radius 3 is 2.58 bits per heavy atom. The third-order valence-electron chi connectivity index (χ3n) is 3.45. The minimum Gasteiger partial charge on any atom is -0.497 e. The second-order valence-electron chi connectivity index (χ2n) is 5.10. The molecule has 1 heterocycles. The Bertz CT molecular complexity index is 1020. The van der Waals surface area contributed by atoms with Gasteiger partial charge in [-0.05, 0) is 52.9 Å². The second-order valence-corrected chi connectivity index (χ2v) is 6.84. The number of hydrogen-bond donors (Lipinski definition) is 1. The fourth-order valence-electron chi connectivity index (χ4n) is 2.16. The summed E-state index contributed by atoms with van der Waals surface area (Å²) in [5.41, 5.74) is 0.571. The summed E-state index contributed by atoms with van der Waals surface area (Å²) in [5, 5.41) is 11.0. The van der Waals surface area contributed by atoms with Gasteiger partial charge in [-0.15, -0.1) is 5.10 Å². The van der Waals surface area contributed by atoms with Crippen LogP contribution in [0.15, 0.2) is 47.4 Å². The molecule has 0 aliphatic rings. The predicted octanol–water partition coefficient (Wildman–Crippen LogP) is 1.43. The molecule has 3 aromatic rings. The Balaban J connectivity index is 1.82. The highest BCUT2D eigenvalue weighted by molar-refractivity contribution is 7.89. The third kappa shape index (κ3) is 3.68. The lowest BCUT2D eigenvalue weighted by molar-refractivity contribution is 0.414. The zero-order chi connectivity index (χ0) is 18.7. The fraction of sp³-hybridized carbons (Fsp3) is 0.133. The van der Waals surface area contributed by atoms with E-state index in [4.69, 9.17) is 4.74 Å². The molecule has 0 aliphatic carbocycles. The van der Waals surface area contributed by atoms with E-state index >= 15 is 0 Å². The Morgan fingerprint density at radius 1 is 1.15 bits per heavy atom. The molecule has 8 nitrogen and oxygen atoms in total. The summed E-state index contributed by atoms with van der Waals surface area (Å²) < 4.78 is 59.9. The van der Waals surface area contributed by atoms with E-state index in [1.54, 1.807) is 24.3 Å². The minimum atomic E-state index is -4.29. The van der Waals surface area contributed by atoms with Gasteiger partial charge in [-0.3, -0.25) is 0 Å². The standard InChI is InChI=1S/C15H13F2N5O3S/c1-25-12-5-3-11(4-6-12)22-15(19-20-21-22)9-18-26(23,24)14-8-10(16)2-7-13(14)17/h2-8,18H,9H2,1H3. The van der Waals surface area contributed by atoms with E-state index in [2.05, 4.69) is 20.2 Å². The number of benzene rings is 2. The summed E-state index contributed by atoms with van der Waals surface area (Å²) in [5.74, 6) is -1.13. The van der Waals surface area contributed by atoms with Crippen LogP contribution in [0.5, 0.6) is 5.75 Å². The molecule has 136 valence electrons. The lowest BCUT2D eigenvalue weighted by Crippen LogP contribution is -2.26. The fourth-order valence-corrected chi connectivity index (χ4v) is 3.23. The molecule has 0 aliphatic heterocycles. The first kappa shape index (κ1) is 17.9. The van der Waals surface area contributed by atoms with Crippen molar-refractivity contribution in [2.45, 2.75) is 11.4 Å². The zero-order valence-corrected chi connectivity index (χ0v) is 14.2. The van der Waals surface area contributed by atoms with E-state index in [0.717, 1.165) is 12.1 Å². The summed E-state index contributed by atoms with van der Waals surface area (Å²) in [6.07, 6.45) is 0. The van der Waals surface area contributed by atoms with Gasteiger partial charge in [0.2, 0.25) is 10.0 Å². The molecule has 26 heavy (non-hydrogen) atoms. The van der Waals surface area contributed by atoms with Crippen LogP contribution < -0.4 is 9.46 Å². The predicted molar refractivity (Wildman–Crippen MR) is 86.1 cm³/mol.